The van der Waals surface area contributed by atoms with Crippen molar-refractivity contribution in [2.24, 2.45) is 0 Å². The normalized spacial score (nSPS) is 10.0. The van der Waals surface area contributed by atoms with E-state index in [2.05, 4.69) is 4.98 Å². The second-order valence-electron chi connectivity index (χ2n) is 3.56. The van der Waals surface area contributed by atoms with E-state index in [9.17, 15) is 0 Å². The number of benzene rings is 1. The molecule has 0 amide bonds. The van der Waals surface area contributed by atoms with E-state index in [0.717, 1.165) is 22.6 Å². The number of methoxy groups -OCH3 is 2. The molecule has 0 aliphatic rings. The lowest BCUT2D eigenvalue weighted by Crippen LogP contribution is -1.93. The molecule has 0 saturated heterocycles. The molecule has 0 aliphatic carbocycles. The van der Waals surface area contributed by atoms with Gasteiger partial charge in [-0.15, -0.1) is 0 Å². The summed E-state index contributed by atoms with van der Waals surface area (Å²) in [7, 11) is 3.24. The Kier molecular flexibility index (Phi) is 3.14. The van der Waals surface area contributed by atoms with E-state index in [0.29, 0.717) is 5.69 Å². The highest BCUT2D eigenvalue weighted by atomic mass is 16.5. The van der Waals surface area contributed by atoms with Crippen LogP contribution in [0.5, 0.6) is 11.5 Å². The van der Waals surface area contributed by atoms with Gasteiger partial charge in [0.1, 0.15) is 11.5 Å². The molecule has 2 aromatic rings. The standard InChI is InChI=1S/C13H14N2O2/c1-16-10-5-9(6-11(7-10)17-2)12-3-4-15-8-13(12)14/h3-8H,14H2,1-2H3. The Labute approximate surface area is 100 Å². The van der Waals surface area contributed by atoms with Crippen molar-refractivity contribution >= 4 is 5.69 Å². The lowest BCUT2D eigenvalue weighted by molar-refractivity contribution is 0.394. The van der Waals surface area contributed by atoms with E-state index < -0.39 is 0 Å². The van der Waals surface area contributed by atoms with Crippen molar-refractivity contribution in [1.29, 1.82) is 0 Å². The van der Waals surface area contributed by atoms with Gasteiger partial charge in [-0.3, -0.25) is 4.98 Å². The molecule has 0 saturated carbocycles. The fraction of sp³-hybridized carbons (Fsp3) is 0.154. The van der Waals surface area contributed by atoms with Gasteiger partial charge in [0.15, 0.2) is 0 Å². The van der Waals surface area contributed by atoms with Crippen LogP contribution in [-0.4, -0.2) is 19.2 Å². The quantitative estimate of drug-likeness (QED) is 0.879. The summed E-state index contributed by atoms with van der Waals surface area (Å²) in [6.07, 6.45) is 3.33. The number of anilines is 1. The van der Waals surface area contributed by atoms with E-state index in [1.54, 1.807) is 26.6 Å². The highest BCUT2D eigenvalue weighted by Gasteiger charge is 2.06. The summed E-state index contributed by atoms with van der Waals surface area (Å²) in [5.74, 6) is 1.46. The number of rotatable bonds is 3. The third-order valence-electron chi connectivity index (χ3n) is 2.51. The highest BCUT2D eigenvalue weighted by molar-refractivity contribution is 5.77. The number of nitrogen functional groups attached to an aromatic ring is 1. The van der Waals surface area contributed by atoms with Crippen molar-refractivity contribution < 1.29 is 9.47 Å². The molecule has 0 aliphatic heterocycles. The maximum Gasteiger partial charge on any atom is 0.123 e. The van der Waals surface area contributed by atoms with Crippen LogP contribution in [0.15, 0.2) is 36.7 Å². The molecule has 0 fully saturated rings. The Morgan fingerprint density at radius 2 is 1.71 bits per heavy atom. The van der Waals surface area contributed by atoms with Crippen LogP contribution < -0.4 is 15.2 Å². The Morgan fingerprint density at radius 1 is 1.06 bits per heavy atom. The third kappa shape index (κ3) is 2.30. The molecule has 88 valence electrons. The Morgan fingerprint density at radius 3 is 2.24 bits per heavy atom. The van der Waals surface area contributed by atoms with E-state index in [1.165, 1.54) is 0 Å². The van der Waals surface area contributed by atoms with Gasteiger partial charge in [-0.1, -0.05) is 0 Å². The van der Waals surface area contributed by atoms with Crippen molar-refractivity contribution in [3.63, 3.8) is 0 Å². The molecule has 0 radical (unpaired) electrons. The minimum atomic E-state index is 0.628. The molecule has 4 nitrogen and oxygen atoms in total. The lowest BCUT2D eigenvalue weighted by Gasteiger charge is -2.09. The zero-order valence-corrected chi connectivity index (χ0v) is 9.81. The molecule has 17 heavy (non-hydrogen) atoms. The SMILES string of the molecule is COc1cc(OC)cc(-c2ccncc2N)c1. The molecule has 1 aromatic carbocycles. The number of nitrogens with zero attached hydrogens (tertiary/aromatic N) is 1. The predicted molar refractivity (Wildman–Crippen MR) is 67.2 cm³/mol. The number of ether oxygens (including phenoxy) is 2. The summed E-state index contributed by atoms with van der Waals surface area (Å²) in [6.45, 7) is 0. The van der Waals surface area contributed by atoms with Crippen LogP contribution >= 0.6 is 0 Å². The van der Waals surface area contributed by atoms with Crippen molar-refractivity contribution in [3.05, 3.63) is 36.7 Å². The number of pyridine rings is 1. The third-order valence-corrected chi connectivity index (χ3v) is 2.51. The summed E-state index contributed by atoms with van der Waals surface area (Å²) in [6, 6.07) is 7.51. The first-order chi connectivity index (χ1) is 8.24. The molecule has 0 bridgehead atoms. The van der Waals surface area contributed by atoms with Gasteiger partial charge in [0.2, 0.25) is 0 Å². The summed E-state index contributed by atoms with van der Waals surface area (Å²) >= 11 is 0. The lowest BCUT2D eigenvalue weighted by atomic mass is 10.0. The van der Waals surface area contributed by atoms with Gasteiger partial charge in [0, 0.05) is 17.8 Å². The zero-order valence-electron chi connectivity index (χ0n) is 9.81. The van der Waals surface area contributed by atoms with E-state index in [-0.39, 0.29) is 0 Å². The van der Waals surface area contributed by atoms with Gasteiger partial charge < -0.3 is 15.2 Å². The second-order valence-corrected chi connectivity index (χ2v) is 3.56. The Hall–Kier alpha value is -2.23. The number of aromatic nitrogens is 1. The van der Waals surface area contributed by atoms with Gasteiger partial charge in [-0.25, -0.2) is 0 Å². The van der Waals surface area contributed by atoms with Crippen LogP contribution in [0.2, 0.25) is 0 Å². The Bertz CT molecular complexity index is 504. The molecule has 1 heterocycles. The topological polar surface area (TPSA) is 57.4 Å². The van der Waals surface area contributed by atoms with Gasteiger partial charge >= 0.3 is 0 Å². The fourth-order valence-electron chi connectivity index (χ4n) is 1.63. The maximum atomic E-state index is 5.89. The van der Waals surface area contributed by atoms with Gasteiger partial charge in [0.05, 0.1) is 26.1 Å². The van der Waals surface area contributed by atoms with Crippen molar-refractivity contribution in [3.8, 4) is 22.6 Å². The van der Waals surface area contributed by atoms with E-state index in [4.69, 9.17) is 15.2 Å². The summed E-state index contributed by atoms with van der Waals surface area (Å²) in [5, 5.41) is 0. The molecule has 2 N–H and O–H groups in total. The fourth-order valence-corrected chi connectivity index (χ4v) is 1.63. The first-order valence-electron chi connectivity index (χ1n) is 5.17. The highest BCUT2D eigenvalue weighted by Crippen LogP contribution is 2.32. The minimum Gasteiger partial charge on any atom is -0.497 e. The molecule has 2 rings (SSSR count). The van der Waals surface area contributed by atoms with Gasteiger partial charge in [-0.2, -0.15) is 0 Å². The smallest absolute Gasteiger partial charge is 0.123 e. The van der Waals surface area contributed by atoms with Crippen LogP contribution in [0.3, 0.4) is 0 Å². The first-order valence-corrected chi connectivity index (χ1v) is 5.17. The van der Waals surface area contributed by atoms with E-state index in [1.807, 2.05) is 24.3 Å². The number of hydrogen-bond acceptors (Lipinski definition) is 4. The molecule has 4 heteroatoms. The monoisotopic (exact) mass is 230 g/mol. The average molecular weight is 230 g/mol. The van der Waals surface area contributed by atoms with Crippen molar-refractivity contribution in [1.82, 2.24) is 4.98 Å². The number of nitrogens with two attached hydrogens (primary N) is 1. The van der Waals surface area contributed by atoms with E-state index >= 15 is 0 Å². The maximum absolute atomic E-state index is 5.89. The molecular weight excluding hydrogens is 216 g/mol. The van der Waals surface area contributed by atoms with Crippen LogP contribution in [0.25, 0.3) is 11.1 Å². The number of hydrogen-bond donors (Lipinski definition) is 1. The molecule has 0 spiro atoms. The van der Waals surface area contributed by atoms with Crippen molar-refractivity contribution in [2.45, 2.75) is 0 Å². The average Bonchev–Trinajstić information content (AvgIpc) is 2.38. The van der Waals surface area contributed by atoms with Crippen molar-refractivity contribution in [2.75, 3.05) is 20.0 Å². The van der Waals surface area contributed by atoms with Gasteiger partial charge in [-0.05, 0) is 23.8 Å². The zero-order chi connectivity index (χ0) is 12.3. The second kappa shape index (κ2) is 4.74. The van der Waals surface area contributed by atoms with Crippen LogP contribution in [0.1, 0.15) is 0 Å². The summed E-state index contributed by atoms with van der Waals surface area (Å²) in [5.41, 5.74) is 8.38. The predicted octanol–water partition coefficient (Wildman–Crippen LogP) is 2.35. The minimum absolute atomic E-state index is 0.628. The first kappa shape index (κ1) is 11.3. The van der Waals surface area contributed by atoms with Gasteiger partial charge in [0.25, 0.3) is 0 Å². The molecular formula is C13H14N2O2. The summed E-state index contributed by atoms with van der Waals surface area (Å²) < 4.78 is 10.4. The molecule has 0 atom stereocenters. The molecule has 0 unspecified atom stereocenters. The summed E-state index contributed by atoms with van der Waals surface area (Å²) in [4.78, 5) is 3.97. The van der Waals surface area contributed by atoms with Crippen LogP contribution in [0, 0.1) is 0 Å². The largest absolute Gasteiger partial charge is 0.497 e. The molecule has 1 aromatic heterocycles. The van der Waals surface area contributed by atoms with Crippen LogP contribution in [-0.2, 0) is 0 Å². The van der Waals surface area contributed by atoms with Crippen LogP contribution in [0.4, 0.5) is 5.69 Å². The Balaban J connectivity index is 2.55.